The maximum Gasteiger partial charge on any atom is 0.326 e. The van der Waals surface area contributed by atoms with Crippen LogP contribution in [0, 0.1) is 0 Å². The van der Waals surface area contributed by atoms with Gasteiger partial charge in [-0.15, -0.1) is 25.3 Å². The van der Waals surface area contributed by atoms with E-state index < -0.39 is 18.1 Å². The lowest BCUT2D eigenvalue weighted by molar-refractivity contribution is -0.142. The molecule has 1 saturated heterocycles. The van der Waals surface area contributed by atoms with Crippen LogP contribution in [0.1, 0.15) is 36.0 Å². The van der Waals surface area contributed by atoms with Gasteiger partial charge in [-0.3, -0.25) is 9.59 Å². The van der Waals surface area contributed by atoms with E-state index >= 15 is 0 Å². The van der Waals surface area contributed by atoms with Gasteiger partial charge in [0.15, 0.2) is 0 Å². The van der Waals surface area contributed by atoms with Crippen molar-refractivity contribution in [1.82, 2.24) is 16.0 Å². The fraction of sp³-hybridized carbons (Fsp3) is 0.500. The van der Waals surface area contributed by atoms with Crippen molar-refractivity contribution in [1.29, 1.82) is 0 Å². The van der Waals surface area contributed by atoms with Crippen LogP contribution in [0.5, 0.6) is 0 Å². The Balaban J connectivity index is 1.87. The van der Waals surface area contributed by atoms with Crippen LogP contribution >= 0.6 is 25.3 Å². The van der Waals surface area contributed by atoms with Crippen molar-refractivity contribution in [2.45, 2.75) is 53.6 Å². The minimum Gasteiger partial charge on any atom is -0.480 e. The Kier molecular flexibility index (Phi) is 8.61. The van der Waals surface area contributed by atoms with E-state index in [-0.39, 0.29) is 17.9 Å². The van der Waals surface area contributed by atoms with Gasteiger partial charge < -0.3 is 26.8 Å². The Morgan fingerprint density at radius 1 is 1.21 bits per heavy atom. The van der Waals surface area contributed by atoms with Gasteiger partial charge in [0.1, 0.15) is 6.04 Å². The number of unbranched alkanes of at least 4 members (excludes halogenated alkanes) is 1. The van der Waals surface area contributed by atoms with Gasteiger partial charge in [-0.1, -0.05) is 0 Å². The number of hydrogen-bond donors (Lipinski definition) is 7. The van der Waals surface area contributed by atoms with Crippen molar-refractivity contribution in [2.75, 3.05) is 13.1 Å². The Morgan fingerprint density at radius 2 is 1.89 bits per heavy atom. The Morgan fingerprint density at radius 3 is 2.50 bits per heavy atom. The molecule has 2 rings (SSSR count). The standard InChI is InChI=1S/C18H26N4O4S2/c19-4-2-1-3-14(18(25)26)22-17(24)15-7-11(9-20-15)21-16(23)10-5-12(27)8-13(28)6-10/h5-6,8,11,14-15,20,27-28H,1-4,7,9,19H2,(H,21,23)(H,22,24)(H,25,26)/t11?,14-,15+/m0/s1. The van der Waals surface area contributed by atoms with E-state index in [1.165, 1.54) is 0 Å². The quantitative estimate of drug-likeness (QED) is 0.226. The first-order valence-electron chi connectivity index (χ1n) is 9.10. The van der Waals surface area contributed by atoms with E-state index in [0.717, 1.165) is 0 Å². The molecule has 154 valence electrons. The first-order chi connectivity index (χ1) is 13.3. The van der Waals surface area contributed by atoms with Crippen LogP contribution in [0.2, 0.25) is 0 Å². The average molecular weight is 427 g/mol. The molecule has 1 aromatic rings. The second kappa shape index (κ2) is 10.7. The van der Waals surface area contributed by atoms with Gasteiger partial charge in [-0.25, -0.2) is 4.79 Å². The summed E-state index contributed by atoms with van der Waals surface area (Å²) in [5.41, 5.74) is 5.86. The molecule has 0 spiro atoms. The van der Waals surface area contributed by atoms with Crippen LogP contribution in [0.15, 0.2) is 28.0 Å². The van der Waals surface area contributed by atoms with Crippen LogP contribution in [0.4, 0.5) is 0 Å². The number of aliphatic carboxylic acids is 1. The SMILES string of the molecule is NCCCC[C@H](NC(=O)[C@H]1CC(NC(=O)c2cc(S)cc(S)c2)CN1)C(=O)O. The van der Waals surface area contributed by atoms with Crippen molar-refractivity contribution in [3.8, 4) is 0 Å². The lowest BCUT2D eigenvalue weighted by Crippen LogP contribution is -2.48. The summed E-state index contributed by atoms with van der Waals surface area (Å²) in [6.45, 7) is 0.902. The zero-order chi connectivity index (χ0) is 20.7. The molecular formula is C18H26N4O4S2. The summed E-state index contributed by atoms with van der Waals surface area (Å²) in [6, 6.07) is 3.27. The highest BCUT2D eigenvalue weighted by molar-refractivity contribution is 7.81. The van der Waals surface area contributed by atoms with E-state index in [1.807, 2.05) is 0 Å². The van der Waals surface area contributed by atoms with Gasteiger partial charge >= 0.3 is 5.97 Å². The second-order valence-corrected chi connectivity index (χ2v) is 7.82. The smallest absolute Gasteiger partial charge is 0.326 e. The molecule has 1 aliphatic heterocycles. The first-order valence-corrected chi connectivity index (χ1v) is 10.00. The number of benzene rings is 1. The molecule has 0 aliphatic carbocycles. The molecule has 1 unspecified atom stereocenters. The van der Waals surface area contributed by atoms with Gasteiger partial charge in [-0.05, 0) is 50.4 Å². The molecule has 28 heavy (non-hydrogen) atoms. The molecular weight excluding hydrogens is 400 g/mol. The number of nitrogens with two attached hydrogens (primary N) is 1. The molecule has 0 radical (unpaired) electrons. The van der Waals surface area contributed by atoms with Crippen molar-refractivity contribution in [3.63, 3.8) is 0 Å². The molecule has 2 amide bonds. The lowest BCUT2D eigenvalue weighted by Gasteiger charge is -2.17. The molecule has 6 N–H and O–H groups in total. The Hall–Kier alpha value is -1.75. The number of carbonyl (C=O) groups is 3. The summed E-state index contributed by atoms with van der Waals surface area (Å²) in [6.07, 6.45) is 2.04. The largest absolute Gasteiger partial charge is 0.480 e. The number of thiol groups is 2. The number of hydrogen-bond acceptors (Lipinski definition) is 7. The highest BCUT2D eigenvalue weighted by atomic mass is 32.1. The van der Waals surface area contributed by atoms with Crippen molar-refractivity contribution < 1.29 is 19.5 Å². The van der Waals surface area contributed by atoms with Crippen LogP contribution in [-0.2, 0) is 9.59 Å². The van der Waals surface area contributed by atoms with E-state index in [1.54, 1.807) is 18.2 Å². The molecule has 1 aliphatic rings. The van der Waals surface area contributed by atoms with E-state index in [0.29, 0.717) is 54.1 Å². The maximum absolute atomic E-state index is 12.4. The second-order valence-electron chi connectivity index (χ2n) is 6.79. The minimum absolute atomic E-state index is 0.240. The van der Waals surface area contributed by atoms with E-state index in [2.05, 4.69) is 41.2 Å². The number of amides is 2. The fourth-order valence-corrected chi connectivity index (χ4v) is 3.72. The minimum atomic E-state index is -1.07. The number of carbonyl (C=O) groups excluding carboxylic acids is 2. The van der Waals surface area contributed by atoms with E-state index in [4.69, 9.17) is 5.73 Å². The molecule has 10 heteroatoms. The van der Waals surface area contributed by atoms with Crippen molar-refractivity contribution in [2.24, 2.45) is 5.73 Å². The normalized spacial score (nSPS) is 19.8. The van der Waals surface area contributed by atoms with Crippen LogP contribution < -0.4 is 21.7 Å². The van der Waals surface area contributed by atoms with Gasteiger partial charge in [0.25, 0.3) is 5.91 Å². The summed E-state index contributed by atoms with van der Waals surface area (Å²) in [4.78, 5) is 37.4. The topological polar surface area (TPSA) is 134 Å². The lowest BCUT2D eigenvalue weighted by atomic mass is 10.1. The molecule has 1 heterocycles. The molecule has 1 fully saturated rings. The summed E-state index contributed by atoms with van der Waals surface area (Å²) in [5.74, 6) is -1.72. The molecule has 1 aromatic carbocycles. The van der Waals surface area contributed by atoms with Crippen LogP contribution in [0.3, 0.4) is 0 Å². The van der Waals surface area contributed by atoms with Gasteiger partial charge in [-0.2, -0.15) is 0 Å². The fourth-order valence-electron chi connectivity index (χ4n) is 3.06. The zero-order valence-corrected chi connectivity index (χ0v) is 17.1. The number of nitrogens with one attached hydrogen (secondary N) is 3. The van der Waals surface area contributed by atoms with E-state index in [9.17, 15) is 19.5 Å². The Bertz CT molecular complexity index is 711. The summed E-state index contributed by atoms with van der Waals surface area (Å²) in [5, 5.41) is 17.7. The van der Waals surface area contributed by atoms with Gasteiger partial charge in [0.2, 0.25) is 5.91 Å². The monoisotopic (exact) mass is 426 g/mol. The van der Waals surface area contributed by atoms with Crippen LogP contribution in [0.25, 0.3) is 0 Å². The third-order valence-electron chi connectivity index (χ3n) is 4.51. The number of rotatable bonds is 9. The Labute approximate surface area is 174 Å². The third-order valence-corrected chi connectivity index (χ3v) is 5.03. The van der Waals surface area contributed by atoms with Crippen molar-refractivity contribution >= 4 is 43.0 Å². The van der Waals surface area contributed by atoms with Gasteiger partial charge in [0, 0.05) is 27.9 Å². The first kappa shape index (κ1) is 22.5. The third kappa shape index (κ3) is 6.69. The molecule has 0 saturated carbocycles. The molecule has 3 atom stereocenters. The number of carboxylic acids is 1. The highest BCUT2D eigenvalue weighted by Gasteiger charge is 2.32. The van der Waals surface area contributed by atoms with Crippen molar-refractivity contribution in [3.05, 3.63) is 23.8 Å². The summed E-state index contributed by atoms with van der Waals surface area (Å²) in [7, 11) is 0. The maximum atomic E-state index is 12.4. The average Bonchev–Trinajstić information content (AvgIpc) is 3.08. The predicted octanol–water partition coefficient (Wildman–Crippen LogP) is 0.423. The zero-order valence-electron chi connectivity index (χ0n) is 15.4. The summed E-state index contributed by atoms with van der Waals surface area (Å²) >= 11 is 8.48. The molecule has 8 nitrogen and oxygen atoms in total. The molecule has 0 bridgehead atoms. The van der Waals surface area contributed by atoms with Crippen LogP contribution in [-0.4, -0.2) is 54.1 Å². The predicted molar refractivity (Wildman–Crippen MR) is 111 cm³/mol. The number of carboxylic acid groups (broad SMARTS) is 1. The van der Waals surface area contributed by atoms with Gasteiger partial charge in [0.05, 0.1) is 6.04 Å². The molecule has 0 aromatic heterocycles. The highest BCUT2D eigenvalue weighted by Crippen LogP contribution is 2.17. The summed E-state index contributed by atoms with van der Waals surface area (Å²) < 4.78 is 0.